The first-order valence-corrected chi connectivity index (χ1v) is 7.49. The predicted molar refractivity (Wildman–Crippen MR) is 81.8 cm³/mol. The second-order valence-electron chi connectivity index (χ2n) is 5.24. The third kappa shape index (κ3) is 3.81. The zero-order valence-corrected chi connectivity index (χ0v) is 12.5. The van der Waals surface area contributed by atoms with Gasteiger partial charge in [-0.15, -0.1) is 0 Å². The molecule has 1 aromatic carbocycles. The Morgan fingerprint density at radius 3 is 3.00 bits per heavy atom. The van der Waals surface area contributed by atoms with E-state index >= 15 is 0 Å². The SMILES string of the molecule is O=C(COC(=O)c1cccc2nccnc12)NCC1CCCO1. The molecule has 1 N–H and O–H groups in total. The van der Waals surface area contributed by atoms with Gasteiger partial charge in [-0.3, -0.25) is 14.8 Å². The highest BCUT2D eigenvalue weighted by Gasteiger charge is 2.18. The lowest BCUT2D eigenvalue weighted by molar-refractivity contribution is -0.124. The summed E-state index contributed by atoms with van der Waals surface area (Å²) in [5, 5.41) is 2.70. The second kappa shape index (κ2) is 7.15. The third-order valence-corrected chi connectivity index (χ3v) is 3.60. The van der Waals surface area contributed by atoms with Crippen LogP contribution in [-0.2, 0) is 14.3 Å². The molecule has 1 aromatic heterocycles. The van der Waals surface area contributed by atoms with Crippen molar-refractivity contribution in [3.8, 4) is 0 Å². The fourth-order valence-corrected chi connectivity index (χ4v) is 2.45. The Morgan fingerprint density at radius 1 is 1.30 bits per heavy atom. The lowest BCUT2D eigenvalue weighted by atomic mass is 10.2. The number of fused-ring (bicyclic) bond motifs is 1. The average Bonchev–Trinajstić information content (AvgIpc) is 3.11. The van der Waals surface area contributed by atoms with Crippen LogP contribution in [0.2, 0.25) is 0 Å². The van der Waals surface area contributed by atoms with Crippen LogP contribution < -0.4 is 5.32 Å². The van der Waals surface area contributed by atoms with Gasteiger partial charge < -0.3 is 14.8 Å². The Balaban J connectivity index is 1.55. The van der Waals surface area contributed by atoms with Crippen LogP contribution in [0.5, 0.6) is 0 Å². The van der Waals surface area contributed by atoms with E-state index in [2.05, 4.69) is 15.3 Å². The highest BCUT2D eigenvalue weighted by atomic mass is 16.5. The van der Waals surface area contributed by atoms with Crippen LogP contribution >= 0.6 is 0 Å². The highest BCUT2D eigenvalue weighted by molar-refractivity contribution is 6.02. The molecule has 1 aliphatic heterocycles. The first-order valence-electron chi connectivity index (χ1n) is 7.49. The second-order valence-corrected chi connectivity index (χ2v) is 5.24. The monoisotopic (exact) mass is 315 g/mol. The van der Waals surface area contributed by atoms with Gasteiger partial charge in [-0.2, -0.15) is 0 Å². The van der Waals surface area contributed by atoms with Crippen molar-refractivity contribution in [2.75, 3.05) is 19.8 Å². The number of amides is 1. The molecule has 1 saturated heterocycles. The maximum Gasteiger partial charge on any atom is 0.340 e. The first-order chi connectivity index (χ1) is 11.2. The standard InChI is InChI=1S/C16H17N3O4/c20-14(19-9-11-3-2-8-22-11)10-23-16(21)12-4-1-5-13-15(12)18-7-6-17-13/h1,4-7,11H,2-3,8-10H2,(H,19,20). The summed E-state index contributed by atoms with van der Waals surface area (Å²) >= 11 is 0. The summed E-state index contributed by atoms with van der Waals surface area (Å²) in [7, 11) is 0. The van der Waals surface area contributed by atoms with Crippen LogP contribution in [0.3, 0.4) is 0 Å². The molecule has 7 nitrogen and oxygen atoms in total. The van der Waals surface area contributed by atoms with Gasteiger partial charge in [0.2, 0.25) is 0 Å². The van der Waals surface area contributed by atoms with Crippen LogP contribution in [0.15, 0.2) is 30.6 Å². The summed E-state index contributed by atoms with van der Waals surface area (Å²) < 4.78 is 10.5. The van der Waals surface area contributed by atoms with E-state index in [-0.39, 0.29) is 18.6 Å². The van der Waals surface area contributed by atoms with Crippen molar-refractivity contribution in [3.63, 3.8) is 0 Å². The van der Waals surface area contributed by atoms with Crippen molar-refractivity contribution in [2.24, 2.45) is 0 Å². The molecular formula is C16H17N3O4. The van der Waals surface area contributed by atoms with E-state index in [1.165, 1.54) is 6.20 Å². The van der Waals surface area contributed by atoms with Gasteiger partial charge in [0.1, 0.15) is 5.52 Å². The molecule has 0 saturated carbocycles. The number of aromatic nitrogens is 2. The molecule has 1 atom stereocenters. The zero-order valence-electron chi connectivity index (χ0n) is 12.5. The largest absolute Gasteiger partial charge is 0.452 e. The van der Waals surface area contributed by atoms with E-state index in [1.807, 2.05) is 0 Å². The molecule has 7 heteroatoms. The molecule has 0 bridgehead atoms. The molecule has 0 spiro atoms. The summed E-state index contributed by atoms with van der Waals surface area (Å²) in [6, 6.07) is 5.06. The van der Waals surface area contributed by atoms with Crippen LogP contribution in [0.25, 0.3) is 11.0 Å². The first kappa shape index (κ1) is 15.4. The van der Waals surface area contributed by atoms with Gasteiger partial charge >= 0.3 is 5.97 Å². The van der Waals surface area contributed by atoms with Gasteiger partial charge in [-0.25, -0.2) is 4.79 Å². The minimum Gasteiger partial charge on any atom is -0.452 e. The number of para-hydroxylation sites is 1. The van der Waals surface area contributed by atoms with Gasteiger partial charge in [0.15, 0.2) is 6.61 Å². The van der Waals surface area contributed by atoms with Crippen molar-refractivity contribution in [2.45, 2.75) is 18.9 Å². The molecule has 1 unspecified atom stereocenters. The van der Waals surface area contributed by atoms with E-state index < -0.39 is 5.97 Å². The number of carbonyl (C=O) groups is 2. The molecule has 2 aromatic rings. The number of esters is 1. The lowest BCUT2D eigenvalue weighted by Crippen LogP contribution is -2.34. The van der Waals surface area contributed by atoms with Crippen molar-refractivity contribution in [1.29, 1.82) is 0 Å². The Kier molecular flexibility index (Phi) is 4.77. The van der Waals surface area contributed by atoms with Crippen molar-refractivity contribution in [3.05, 3.63) is 36.2 Å². The van der Waals surface area contributed by atoms with Crippen LogP contribution in [0.1, 0.15) is 23.2 Å². The minimum absolute atomic E-state index is 0.0583. The number of ether oxygens (including phenoxy) is 2. The Morgan fingerprint density at radius 2 is 2.17 bits per heavy atom. The number of benzene rings is 1. The van der Waals surface area contributed by atoms with Crippen LogP contribution in [-0.4, -0.2) is 47.7 Å². The molecule has 0 aliphatic carbocycles. The fourth-order valence-electron chi connectivity index (χ4n) is 2.45. The van der Waals surface area contributed by atoms with Gasteiger partial charge in [0.05, 0.1) is 17.2 Å². The van der Waals surface area contributed by atoms with E-state index in [0.29, 0.717) is 23.1 Å². The van der Waals surface area contributed by atoms with Crippen LogP contribution in [0, 0.1) is 0 Å². The lowest BCUT2D eigenvalue weighted by Gasteiger charge is -2.11. The molecule has 2 heterocycles. The van der Waals surface area contributed by atoms with E-state index in [9.17, 15) is 9.59 Å². The molecule has 1 aliphatic rings. The number of nitrogens with zero attached hydrogens (tertiary/aromatic N) is 2. The number of hydrogen-bond donors (Lipinski definition) is 1. The predicted octanol–water partition coefficient (Wildman–Crippen LogP) is 1.08. The molecule has 23 heavy (non-hydrogen) atoms. The summed E-state index contributed by atoms with van der Waals surface area (Å²) in [4.78, 5) is 32.1. The maximum absolute atomic E-state index is 12.1. The topological polar surface area (TPSA) is 90.4 Å². The molecular weight excluding hydrogens is 298 g/mol. The Labute approximate surface area is 133 Å². The third-order valence-electron chi connectivity index (χ3n) is 3.60. The fraction of sp³-hybridized carbons (Fsp3) is 0.375. The smallest absolute Gasteiger partial charge is 0.340 e. The molecule has 0 radical (unpaired) electrons. The molecule has 120 valence electrons. The normalized spacial score (nSPS) is 17.1. The van der Waals surface area contributed by atoms with Crippen molar-refractivity contribution < 1.29 is 19.1 Å². The van der Waals surface area contributed by atoms with E-state index in [1.54, 1.807) is 24.4 Å². The van der Waals surface area contributed by atoms with Gasteiger partial charge in [-0.05, 0) is 25.0 Å². The maximum atomic E-state index is 12.1. The van der Waals surface area contributed by atoms with Gasteiger partial charge in [-0.1, -0.05) is 6.07 Å². The summed E-state index contributed by atoms with van der Waals surface area (Å²) in [6.07, 6.45) is 5.07. The number of rotatable bonds is 5. The molecule has 3 rings (SSSR count). The van der Waals surface area contributed by atoms with Gasteiger partial charge in [0.25, 0.3) is 5.91 Å². The number of nitrogens with one attached hydrogen (secondary N) is 1. The summed E-state index contributed by atoms with van der Waals surface area (Å²) in [6.45, 7) is 0.843. The van der Waals surface area contributed by atoms with Crippen molar-refractivity contribution in [1.82, 2.24) is 15.3 Å². The highest BCUT2D eigenvalue weighted by Crippen LogP contribution is 2.14. The van der Waals surface area contributed by atoms with Gasteiger partial charge in [0, 0.05) is 25.5 Å². The van der Waals surface area contributed by atoms with E-state index in [4.69, 9.17) is 9.47 Å². The Hall–Kier alpha value is -2.54. The van der Waals surface area contributed by atoms with Crippen molar-refractivity contribution >= 4 is 22.9 Å². The van der Waals surface area contributed by atoms with E-state index in [0.717, 1.165) is 19.4 Å². The Bertz CT molecular complexity index is 708. The zero-order chi connectivity index (χ0) is 16.1. The minimum atomic E-state index is -0.594. The number of hydrogen-bond acceptors (Lipinski definition) is 6. The number of carbonyl (C=O) groups excluding carboxylic acids is 2. The van der Waals surface area contributed by atoms with Crippen LogP contribution in [0.4, 0.5) is 0 Å². The summed E-state index contributed by atoms with van der Waals surface area (Å²) in [5.41, 5.74) is 1.35. The molecule has 1 amide bonds. The summed E-state index contributed by atoms with van der Waals surface area (Å²) in [5.74, 6) is -0.941. The quantitative estimate of drug-likeness (QED) is 0.830. The molecule has 1 fully saturated rings. The average molecular weight is 315 g/mol.